The van der Waals surface area contributed by atoms with Crippen molar-refractivity contribution in [2.75, 3.05) is 12.4 Å². The average Bonchev–Trinajstić information content (AvgIpc) is 3.30. The summed E-state index contributed by atoms with van der Waals surface area (Å²) in [6.45, 7) is 0. The third-order valence-corrected chi connectivity index (χ3v) is 5.24. The number of benzene rings is 2. The Bertz CT molecular complexity index is 1200. The van der Waals surface area contributed by atoms with Crippen molar-refractivity contribution >= 4 is 33.6 Å². The van der Waals surface area contributed by atoms with Crippen LogP contribution >= 0.6 is 11.3 Å². The second kappa shape index (κ2) is 7.72. The van der Waals surface area contributed by atoms with E-state index in [0.717, 1.165) is 21.9 Å². The number of thiazole rings is 1. The summed E-state index contributed by atoms with van der Waals surface area (Å²) in [6.07, 6.45) is 2.02. The molecule has 0 unspecified atom stereocenters. The van der Waals surface area contributed by atoms with Gasteiger partial charge in [-0.2, -0.15) is 0 Å². The van der Waals surface area contributed by atoms with Crippen molar-refractivity contribution in [3.63, 3.8) is 0 Å². The predicted octanol–water partition coefficient (Wildman–Crippen LogP) is 4.16. The SMILES string of the molecule is COc1ccc(NC(=O)Cc2csc3nc(-c4ccccc4)cn23)cc1[N+](=O)[O-]. The van der Waals surface area contributed by atoms with Crippen LogP contribution in [0, 0.1) is 10.1 Å². The van der Waals surface area contributed by atoms with E-state index in [0.29, 0.717) is 5.69 Å². The van der Waals surface area contributed by atoms with Crippen LogP contribution in [0.2, 0.25) is 0 Å². The molecule has 0 aliphatic heterocycles. The molecule has 8 nitrogen and oxygen atoms in total. The predicted molar refractivity (Wildman–Crippen MR) is 110 cm³/mol. The molecule has 0 radical (unpaired) electrons. The summed E-state index contributed by atoms with van der Waals surface area (Å²) in [4.78, 5) is 28.5. The maximum absolute atomic E-state index is 12.5. The van der Waals surface area contributed by atoms with E-state index in [1.807, 2.05) is 46.3 Å². The molecule has 4 aromatic rings. The zero-order valence-corrected chi connectivity index (χ0v) is 16.2. The molecule has 0 atom stereocenters. The van der Waals surface area contributed by atoms with Crippen LogP contribution in [0.1, 0.15) is 5.69 Å². The number of carbonyl (C=O) groups is 1. The molecule has 2 aromatic heterocycles. The van der Waals surface area contributed by atoms with Crippen LogP contribution in [0.4, 0.5) is 11.4 Å². The normalized spacial score (nSPS) is 10.8. The molecule has 0 aliphatic carbocycles. The third-order valence-electron chi connectivity index (χ3n) is 4.35. The zero-order valence-electron chi connectivity index (χ0n) is 15.4. The quantitative estimate of drug-likeness (QED) is 0.381. The Kier molecular flexibility index (Phi) is 4.96. The van der Waals surface area contributed by atoms with Crippen LogP contribution in [0.5, 0.6) is 5.75 Å². The number of nitro groups is 1. The number of amides is 1. The van der Waals surface area contributed by atoms with Gasteiger partial charge < -0.3 is 10.1 Å². The molecule has 1 amide bonds. The maximum atomic E-state index is 12.5. The summed E-state index contributed by atoms with van der Waals surface area (Å²) < 4.78 is 6.87. The minimum Gasteiger partial charge on any atom is -0.490 e. The topological polar surface area (TPSA) is 98.8 Å². The number of rotatable bonds is 6. The summed E-state index contributed by atoms with van der Waals surface area (Å²) in [5, 5.41) is 15.7. The van der Waals surface area contributed by atoms with Crippen molar-refractivity contribution in [3.8, 4) is 17.0 Å². The van der Waals surface area contributed by atoms with E-state index in [1.54, 1.807) is 6.07 Å². The van der Waals surface area contributed by atoms with Crippen LogP contribution in [0.3, 0.4) is 0 Å². The van der Waals surface area contributed by atoms with Crippen molar-refractivity contribution < 1.29 is 14.5 Å². The number of hydrogen-bond donors (Lipinski definition) is 1. The minimum absolute atomic E-state index is 0.115. The first-order valence-electron chi connectivity index (χ1n) is 8.68. The zero-order chi connectivity index (χ0) is 20.4. The van der Waals surface area contributed by atoms with Crippen molar-refractivity contribution in [2.24, 2.45) is 0 Å². The van der Waals surface area contributed by atoms with Gasteiger partial charge in [-0.1, -0.05) is 30.3 Å². The molecule has 0 spiro atoms. The van der Waals surface area contributed by atoms with Gasteiger partial charge in [-0.05, 0) is 12.1 Å². The number of ether oxygens (including phenoxy) is 1. The standard InChI is InChI=1S/C20H16N4O4S/c1-28-18-8-7-14(9-17(18)24(26)27)21-19(25)10-15-12-29-20-22-16(11-23(15)20)13-5-3-2-4-6-13/h2-9,11-12H,10H2,1H3,(H,21,25). The summed E-state index contributed by atoms with van der Waals surface area (Å²) in [7, 11) is 1.36. The van der Waals surface area contributed by atoms with E-state index in [4.69, 9.17) is 4.74 Å². The maximum Gasteiger partial charge on any atom is 0.312 e. The van der Waals surface area contributed by atoms with Gasteiger partial charge >= 0.3 is 5.69 Å². The van der Waals surface area contributed by atoms with Gasteiger partial charge in [-0.3, -0.25) is 19.3 Å². The second-order valence-electron chi connectivity index (χ2n) is 6.24. The highest BCUT2D eigenvalue weighted by atomic mass is 32.1. The molecule has 0 aliphatic rings. The van der Waals surface area contributed by atoms with Crippen molar-refractivity contribution in [3.05, 3.63) is 75.9 Å². The van der Waals surface area contributed by atoms with Gasteiger partial charge in [0.25, 0.3) is 0 Å². The van der Waals surface area contributed by atoms with Crippen LogP contribution in [0.25, 0.3) is 16.2 Å². The summed E-state index contributed by atoms with van der Waals surface area (Å²) in [5.74, 6) is -0.140. The first-order chi connectivity index (χ1) is 14.0. The molecule has 0 bridgehead atoms. The van der Waals surface area contributed by atoms with Gasteiger partial charge in [-0.25, -0.2) is 4.98 Å². The van der Waals surface area contributed by atoms with Gasteiger partial charge in [0.15, 0.2) is 10.7 Å². The second-order valence-corrected chi connectivity index (χ2v) is 7.08. The van der Waals surface area contributed by atoms with E-state index < -0.39 is 4.92 Å². The number of aromatic nitrogens is 2. The molecule has 9 heteroatoms. The molecule has 2 heterocycles. The molecular formula is C20H16N4O4S. The lowest BCUT2D eigenvalue weighted by Crippen LogP contribution is -2.15. The molecule has 0 fully saturated rings. The number of anilines is 1. The Morgan fingerprint density at radius 1 is 1.28 bits per heavy atom. The van der Waals surface area contributed by atoms with Gasteiger partial charge in [0.05, 0.1) is 24.1 Å². The summed E-state index contributed by atoms with van der Waals surface area (Å²) in [6, 6.07) is 14.1. The Morgan fingerprint density at radius 2 is 2.07 bits per heavy atom. The van der Waals surface area contributed by atoms with E-state index >= 15 is 0 Å². The Labute approximate surface area is 169 Å². The lowest BCUT2D eigenvalue weighted by atomic mass is 10.2. The van der Waals surface area contributed by atoms with Crippen LogP contribution < -0.4 is 10.1 Å². The number of carbonyl (C=O) groups excluding carboxylic acids is 1. The lowest BCUT2D eigenvalue weighted by Gasteiger charge is -2.07. The van der Waals surface area contributed by atoms with Gasteiger partial charge in [-0.15, -0.1) is 11.3 Å². The Balaban J connectivity index is 1.53. The number of hydrogen-bond acceptors (Lipinski definition) is 6. The van der Waals surface area contributed by atoms with Crippen LogP contribution in [-0.2, 0) is 11.2 Å². The highest BCUT2D eigenvalue weighted by Crippen LogP contribution is 2.30. The lowest BCUT2D eigenvalue weighted by molar-refractivity contribution is -0.385. The average molecular weight is 408 g/mol. The molecule has 4 rings (SSSR count). The van der Waals surface area contributed by atoms with Crippen LogP contribution in [-0.4, -0.2) is 27.3 Å². The van der Waals surface area contributed by atoms with Crippen LogP contribution in [0.15, 0.2) is 60.1 Å². The number of nitrogens with one attached hydrogen (secondary N) is 1. The van der Waals surface area contributed by atoms with E-state index in [9.17, 15) is 14.9 Å². The number of imidazole rings is 1. The first kappa shape index (κ1) is 18.6. The summed E-state index contributed by atoms with van der Waals surface area (Å²) in [5.41, 5.74) is 2.77. The highest BCUT2D eigenvalue weighted by Gasteiger charge is 2.17. The number of methoxy groups -OCH3 is 1. The third kappa shape index (κ3) is 3.81. The van der Waals surface area contributed by atoms with E-state index in [-0.39, 0.29) is 23.8 Å². The number of nitrogens with zero attached hydrogens (tertiary/aromatic N) is 3. The fourth-order valence-electron chi connectivity index (χ4n) is 2.98. The highest BCUT2D eigenvalue weighted by molar-refractivity contribution is 7.15. The largest absolute Gasteiger partial charge is 0.490 e. The van der Waals surface area contributed by atoms with Crippen molar-refractivity contribution in [1.29, 1.82) is 0 Å². The van der Waals surface area contributed by atoms with E-state index in [2.05, 4.69) is 10.3 Å². The minimum atomic E-state index is -0.548. The summed E-state index contributed by atoms with van der Waals surface area (Å²) >= 11 is 1.46. The molecule has 0 saturated heterocycles. The monoisotopic (exact) mass is 408 g/mol. The molecule has 0 saturated carbocycles. The Hall–Kier alpha value is -3.72. The Morgan fingerprint density at radius 3 is 2.79 bits per heavy atom. The number of nitro benzene ring substituents is 1. The number of fused-ring (bicyclic) bond motifs is 1. The van der Waals surface area contributed by atoms with Crippen molar-refractivity contribution in [1.82, 2.24) is 9.38 Å². The van der Waals surface area contributed by atoms with Crippen molar-refractivity contribution in [2.45, 2.75) is 6.42 Å². The molecular weight excluding hydrogens is 392 g/mol. The van der Waals surface area contributed by atoms with Gasteiger partial charge in [0.1, 0.15) is 0 Å². The van der Waals surface area contributed by atoms with E-state index in [1.165, 1.54) is 30.6 Å². The molecule has 29 heavy (non-hydrogen) atoms. The fraction of sp³-hybridized carbons (Fsp3) is 0.100. The van der Waals surface area contributed by atoms with Gasteiger partial charge in [0, 0.05) is 34.6 Å². The smallest absolute Gasteiger partial charge is 0.312 e. The first-order valence-corrected chi connectivity index (χ1v) is 9.56. The fourth-order valence-corrected chi connectivity index (χ4v) is 3.86. The van der Waals surface area contributed by atoms with Gasteiger partial charge in [0.2, 0.25) is 5.91 Å². The molecule has 146 valence electrons. The molecule has 1 N–H and O–H groups in total. The molecule has 2 aromatic carbocycles.